The van der Waals surface area contributed by atoms with E-state index in [2.05, 4.69) is 20.1 Å². The zero-order chi connectivity index (χ0) is 21.9. The maximum atomic E-state index is 12.8. The molecule has 1 aliphatic heterocycles. The molecular weight excluding hydrogens is 400 g/mol. The number of aryl methyl sites for hydroxylation is 1. The standard InChI is InChI=1S/C21H24N6O4/c1-11-5-22-6-14-16(11)19(28)27(10-23-14)9-15-24-18(25-31-15)17-12-7-26(8-13(12)17)20(29)30-21(2,3)4/h5-6,10,12-13,17H,7-9H2,1-4H3. The van der Waals surface area contributed by atoms with E-state index in [0.29, 0.717) is 47.5 Å². The summed E-state index contributed by atoms with van der Waals surface area (Å²) >= 11 is 0. The lowest BCUT2D eigenvalue weighted by Crippen LogP contribution is -2.36. The highest BCUT2D eigenvalue weighted by atomic mass is 16.6. The van der Waals surface area contributed by atoms with Crippen molar-refractivity contribution in [3.63, 3.8) is 0 Å². The van der Waals surface area contributed by atoms with Gasteiger partial charge in [-0.05, 0) is 45.1 Å². The number of amides is 1. The van der Waals surface area contributed by atoms with Crippen molar-refractivity contribution in [1.29, 1.82) is 0 Å². The van der Waals surface area contributed by atoms with Crippen molar-refractivity contribution < 1.29 is 14.1 Å². The fourth-order valence-corrected chi connectivity index (χ4v) is 4.37. The minimum absolute atomic E-state index is 0.155. The van der Waals surface area contributed by atoms with Crippen molar-refractivity contribution >= 4 is 17.0 Å². The first-order chi connectivity index (χ1) is 14.7. The number of piperidine rings is 1. The number of ether oxygens (including phenoxy) is 1. The third-order valence-corrected chi connectivity index (χ3v) is 5.86. The van der Waals surface area contributed by atoms with Gasteiger partial charge in [0.15, 0.2) is 5.82 Å². The zero-order valence-electron chi connectivity index (χ0n) is 17.9. The van der Waals surface area contributed by atoms with E-state index < -0.39 is 5.60 Å². The number of nitrogens with zero attached hydrogens (tertiary/aromatic N) is 6. The van der Waals surface area contributed by atoms with Crippen LogP contribution in [0.5, 0.6) is 0 Å². The number of rotatable bonds is 3. The molecular formula is C21H24N6O4. The van der Waals surface area contributed by atoms with Crippen molar-refractivity contribution in [2.45, 2.75) is 45.8 Å². The van der Waals surface area contributed by atoms with Crippen molar-refractivity contribution in [3.8, 4) is 0 Å². The lowest BCUT2D eigenvalue weighted by molar-refractivity contribution is 0.0270. The third-order valence-electron chi connectivity index (χ3n) is 5.86. The van der Waals surface area contributed by atoms with E-state index in [4.69, 9.17) is 9.26 Å². The predicted octanol–water partition coefficient (Wildman–Crippen LogP) is 2.11. The zero-order valence-corrected chi connectivity index (χ0v) is 17.9. The minimum Gasteiger partial charge on any atom is -0.444 e. The van der Waals surface area contributed by atoms with Crippen LogP contribution in [0, 0.1) is 18.8 Å². The highest BCUT2D eigenvalue weighted by molar-refractivity contribution is 5.79. The Morgan fingerprint density at radius 2 is 2.00 bits per heavy atom. The van der Waals surface area contributed by atoms with Crippen LogP contribution < -0.4 is 5.56 Å². The number of fused-ring (bicyclic) bond motifs is 2. The lowest BCUT2D eigenvalue weighted by Gasteiger charge is -2.25. The molecule has 1 aliphatic carbocycles. The van der Waals surface area contributed by atoms with Crippen LogP contribution in [0.15, 0.2) is 28.0 Å². The maximum Gasteiger partial charge on any atom is 0.410 e. The molecule has 31 heavy (non-hydrogen) atoms. The van der Waals surface area contributed by atoms with Crippen molar-refractivity contribution in [1.82, 2.24) is 29.6 Å². The molecule has 3 aromatic heterocycles. The molecule has 162 valence electrons. The molecule has 1 saturated heterocycles. The molecule has 1 amide bonds. The van der Waals surface area contributed by atoms with Crippen LogP contribution in [0.4, 0.5) is 4.79 Å². The molecule has 0 bridgehead atoms. The number of carbonyl (C=O) groups is 1. The van der Waals surface area contributed by atoms with Crippen molar-refractivity contribution in [2.24, 2.45) is 11.8 Å². The van der Waals surface area contributed by atoms with Gasteiger partial charge in [-0.25, -0.2) is 9.78 Å². The first-order valence-electron chi connectivity index (χ1n) is 10.3. The Morgan fingerprint density at radius 3 is 2.71 bits per heavy atom. The van der Waals surface area contributed by atoms with Gasteiger partial charge >= 0.3 is 6.09 Å². The van der Waals surface area contributed by atoms with Gasteiger partial charge in [0.05, 0.1) is 23.4 Å². The normalized spacial score (nSPS) is 22.6. The Hall–Kier alpha value is -3.30. The van der Waals surface area contributed by atoms with E-state index in [9.17, 15) is 9.59 Å². The molecule has 10 heteroatoms. The van der Waals surface area contributed by atoms with E-state index in [1.807, 2.05) is 27.7 Å². The molecule has 3 aromatic rings. The van der Waals surface area contributed by atoms with Gasteiger partial charge in [0.1, 0.15) is 12.1 Å². The second-order valence-electron chi connectivity index (χ2n) is 9.31. The van der Waals surface area contributed by atoms with E-state index >= 15 is 0 Å². The Morgan fingerprint density at radius 1 is 1.26 bits per heavy atom. The number of carbonyl (C=O) groups excluding carboxylic acids is 1. The van der Waals surface area contributed by atoms with Gasteiger partial charge in [-0.3, -0.25) is 14.3 Å². The van der Waals surface area contributed by atoms with Crippen LogP contribution >= 0.6 is 0 Å². The monoisotopic (exact) mass is 424 g/mol. The van der Waals surface area contributed by atoms with Gasteiger partial charge < -0.3 is 14.2 Å². The summed E-state index contributed by atoms with van der Waals surface area (Å²) in [6.07, 6.45) is 4.42. The Labute approximate surface area is 178 Å². The highest BCUT2D eigenvalue weighted by Crippen LogP contribution is 2.57. The quantitative estimate of drug-likeness (QED) is 0.628. The summed E-state index contributed by atoms with van der Waals surface area (Å²) in [5.41, 5.74) is 0.668. The number of likely N-dealkylation sites (tertiary alicyclic amines) is 1. The second kappa shape index (κ2) is 6.86. The summed E-state index contributed by atoms with van der Waals surface area (Å²) < 4.78 is 12.3. The number of aromatic nitrogens is 5. The lowest BCUT2D eigenvalue weighted by atomic mass is 10.2. The fraction of sp³-hybridized carbons (Fsp3) is 0.524. The molecule has 2 unspecified atom stereocenters. The van der Waals surface area contributed by atoms with Gasteiger partial charge in [0.2, 0.25) is 5.89 Å². The Kier molecular flexibility index (Phi) is 4.35. The van der Waals surface area contributed by atoms with Gasteiger partial charge in [0.25, 0.3) is 5.56 Å². The van der Waals surface area contributed by atoms with Crippen LogP contribution in [-0.4, -0.2) is 54.4 Å². The average molecular weight is 424 g/mol. The summed E-state index contributed by atoms with van der Waals surface area (Å²) in [5, 5.41) is 4.67. The molecule has 0 N–H and O–H groups in total. The van der Waals surface area contributed by atoms with E-state index in [-0.39, 0.29) is 24.1 Å². The summed E-state index contributed by atoms with van der Waals surface area (Å²) in [5.74, 6) is 1.81. The largest absolute Gasteiger partial charge is 0.444 e. The Bertz CT molecular complexity index is 1210. The molecule has 4 heterocycles. The van der Waals surface area contributed by atoms with Crippen LogP contribution in [0.25, 0.3) is 10.9 Å². The molecule has 2 aliphatic rings. The minimum atomic E-state index is -0.503. The Balaban J connectivity index is 1.26. The molecule has 0 aromatic carbocycles. The molecule has 1 saturated carbocycles. The van der Waals surface area contributed by atoms with Gasteiger partial charge in [-0.15, -0.1) is 0 Å². The molecule has 0 spiro atoms. The summed E-state index contributed by atoms with van der Waals surface area (Å²) in [6, 6.07) is 0. The topological polar surface area (TPSA) is 116 Å². The molecule has 5 rings (SSSR count). The summed E-state index contributed by atoms with van der Waals surface area (Å²) in [4.78, 5) is 39.7. The predicted molar refractivity (Wildman–Crippen MR) is 109 cm³/mol. The van der Waals surface area contributed by atoms with Gasteiger partial charge in [-0.2, -0.15) is 4.98 Å². The average Bonchev–Trinajstić information content (AvgIpc) is 3.05. The first kappa shape index (κ1) is 19.7. The number of hydrogen-bond donors (Lipinski definition) is 0. The van der Waals surface area contributed by atoms with E-state index in [0.717, 1.165) is 5.56 Å². The van der Waals surface area contributed by atoms with E-state index in [1.54, 1.807) is 17.3 Å². The van der Waals surface area contributed by atoms with E-state index in [1.165, 1.54) is 10.9 Å². The van der Waals surface area contributed by atoms with Gasteiger partial charge in [-0.1, -0.05) is 5.16 Å². The summed E-state index contributed by atoms with van der Waals surface area (Å²) in [7, 11) is 0. The third kappa shape index (κ3) is 3.55. The molecule has 0 radical (unpaired) electrons. The first-order valence-corrected chi connectivity index (χ1v) is 10.3. The van der Waals surface area contributed by atoms with Crippen LogP contribution in [-0.2, 0) is 11.3 Å². The smallest absolute Gasteiger partial charge is 0.410 e. The molecule has 2 atom stereocenters. The van der Waals surface area contributed by atoms with Crippen molar-refractivity contribution in [2.75, 3.05) is 13.1 Å². The highest BCUT2D eigenvalue weighted by Gasteiger charge is 2.59. The van der Waals surface area contributed by atoms with Crippen LogP contribution in [0.1, 0.15) is 44.0 Å². The van der Waals surface area contributed by atoms with Crippen LogP contribution in [0.2, 0.25) is 0 Å². The SMILES string of the molecule is Cc1cncc2ncn(Cc3nc(C4C5CN(C(=O)OC(C)(C)C)CC54)no3)c(=O)c12. The van der Waals surface area contributed by atoms with Gasteiger partial charge in [0, 0.05) is 25.2 Å². The van der Waals surface area contributed by atoms with Crippen molar-refractivity contribution in [3.05, 3.63) is 46.4 Å². The molecule has 2 fully saturated rings. The number of hydrogen-bond acceptors (Lipinski definition) is 8. The summed E-state index contributed by atoms with van der Waals surface area (Å²) in [6.45, 7) is 8.84. The fourth-order valence-electron chi connectivity index (χ4n) is 4.37. The number of pyridine rings is 1. The molecule has 10 nitrogen and oxygen atoms in total. The maximum absolute atomic E-state index is 12.8. The second-order valence-corrected chi connectivity index (χ2v) is 9.31. The van der Waals surface area contributed by atoms with Crippen LogP contribution in [0.3, 0.4) is 0 Å².